The van der Waals surface area contributed by atoms with Crippen LogP contribution in [-0.2, 0) is 6.42 Å². The molecule has 2 N–H and O–H groups in total. The molecule has 2 aromatic carbocycles. The van der Waals surface area contributed by atoms with Crippen LogP contribution in [0.25, 0.3) is 10.8 Å². The SMILES string of the molecule is O=C1NC(=O)c2c(CCCCO)ccc3cccc1c23. The molecule has 2 amide bonds. The van der Waals surface area contributed by atoms with E-state index >= 15 is 0 Å². The number of benzene rings is 2. The number of aliphatic hydroxyl groups is 1. The normalized spacial score (nSPS) is 13.7. The van der Waals surface area contributed by atoms with Crippen molar-refractivity contribution in [3.63, 3.8) is 0 Å². The molecule has 1 aliphatic heterocycles. The molecule has 0 atom stereocenters. The lowest BCUT2D eigenvalue weighted by Gasteiger charge is -2.19. The molecule has 0 unspecified atom stereocenters. The summed E-state index contributed by atoms with van der Waals surface area (Å²) in [6.45, 7) is 0.152. The summed E-state index contributed by atoms with van der Waals surface area (Å²) in [6.07, 6.45) is 2.25. The lowest BCUT2D eigenvalue weighted by Crippen LogP contribution is -2.35. The molecule has 3 rings (SSSR count). The molecule has 0 fully saturated rings. The number of hydrogen-bond donors (Lipinski definition) is 2. The Morgan fingerprint density at radius 2 is 1.85 bits per heavy atom. The van der Waals surface area contributed by atoms with Gasteiger partial charge in [0, 0.05) is 17.6 Å². The van der Waals surface area contributed by atoms with Gasteiger partial charge < -0.3 is 5.11 Å². The van der Waals surface area contributed by atoms with Gasteiger partial charge in [-0.15, -0.1) is 0 Å². The monoisotopic (exact) mass is 269 g/mol. The molecular weight excluding hydrogens is 254 g/mol. The van der Waals surface area contributed by atoms with Crippen LogP contribution in [0.5, 0.6) is 0 Å². The van der Waals surface area contributed by atoms with Gasteiger partial charge in [0.1, 0.15) is 0 Å². The fourth-order valence-corrected chi connectivity index (χ4v) is 2.74. The molecule has 0 saturated heterocycles. The van der Waals surface area contributed by atoms with Gasteiger partial charge in [-0.2, -0.15) is 0 Å². The van der Waals surface area contributed by atoms with Crippen LogP contribution in [0.4, 0.5) is 0 Å². The Hall–Kier alpha value is -2.20. The first-order valence-corrected chi connectivity index (χ1v) is 6.73. The highest BCUT2D eigenvalue weighted by Crippen LogP contribution is 2.29. The quantitative estimate of drug-likeness (QED) is 0.659. The van der Waals surface area contributed by atoms with Gasteiger partial charge in [-0.1, -0.05) is 24.3 Å². The second kappa shape index (κ2) is 5.06. The minimum Gasteiger partial charge on any atom is -0.396 e. The molecule has 0 radical (unpaired) electrons. The topological polar surface area (TPSA) is 66.4 Å². The first-order chi connectivity index (χ1) is 9.72. The summed E-state index contributed by atoms with van der Waals surface area (Å²) in [5.41, 5.74) is 2.10. The van der Waals surface area contributed by atoms with Crippen LogP contribution in [0.2, 0.25) is 0 Å². The predicted molar refractivity (Wildman–Crippen MR) is 75.8 cm³/mol. The van der Waals surface area contributed by atoms with Gasteiger partial charge in [0.25, 0.3) is 11.8 Å². The molecule has 1 aliphatic rings. The first kappa shape index (κ1) is 12.8. The molecule has 0 saturated carbocycles. The Kier molecular flexibility index (Phi) is 3.24. The molecule has 0 aliphatic carbocycles. The molecule has 2 aromatic rings. The maximum Gasteiger partial charge on any atom is 0.259 e. The van der Waals surface area contributed by atoms with Crippen molar-refractivity contribution in [1.29, 1.82) is 0 Å². The second-order valence-electron chi connectivity index (χ2n) is 4.97. The Bertz CT molecular complexity index is 706. The summed E-state index contributed by atoms with van der Waals surface area (Å²) in [7, 11) is 0. The summed E-state index contributed by atoms with van der Waals surface area (Å²) < 4.78 is 0. The molecule has 0 aromatic heterocycles. The average Bonchev–Trinajstić information content (AvgIpc) is 2.45. The van der Waals surface area contributed by atoms with Crippen LogP contribution in [0.1, 0.15) is 39.1 Å². The Morgan fingerprint density at radius 1 is 1.00 bits per heavy atom. The lowest BCUT2D eigenvalue weighted by atomic mass is 9.90. The molecule has 102 valence electrons. The van der Waals surface area contributed by atoms with E-state index in [4.69, 9.17) is 5.11 Å². The first-order valence-electron chi connectivity index (χ1n) is 6.73. The van der Waals surface area contributed by atoms with Crippen molar-refractivity contribution in [1.82, 2.24) is 5.32 Å². The van der Waals surface area contributed by atoms with Gasteiger partial charge in [-0.25, -0.2) is 0 Å². The van der Waals surface area contributed by atoms with Gasteiger partial charge in [-0.3, -0.25) is 14.9 Å². The van der Waals surface area contributed by atoms with Crippen molar-refractivity contribution in [3.05, 3.63) is 47.0 Å². The molecule has 0 bridgehead atoms. The van der Waals surface area contributed by atoms with E-state index in [1.165, 1.54) is 0 Å². The number of hydrogen-bond acceptors (Lipinski definition) is 3. The Balaban J connectivity index is 2.18. The number of unbranched alkanes of at least 4 members (excludes halogenated alkanes) is 1. The molecule has 0 spiro atoms. The molecule has 1 heterocycles. The number of carbonyl (C=O) groups excluding carboxylic acids is 2. The summed E-state index contributed by atoms with van der Waals surface area (Å²) in [6, 6.07) is 9.36. The maximum absolute atomic E-state index is 12.2. The van der Waals surface area contributed by atoms with Crippen LogP contribution in [0.15, 0.2) is 30.3 Å². The average molecular weight is 269 g/mol. The molecular formula is C16H15NO3. The van der Waals surface area contributed by atoms with Crippen molar-refractivity contribution in [2.45, 2.75) is 19.3 Å². The van der Waals surface area contributed by atoms with E-state index in [2.05, 4.69) is 5.32 Å². The van der Waals surface area contributed by atoms with Crippen LogP contribution in [0.3, 0.4) is 0 Å². The van der Waals surface area contributed by atoms with Gasteiger partial charge in [0.2, 0.25) is 0 Å². The van der Waals surface area contributed by atoms with Crippen molar-refractivity contribution in [3.8, 4) is 0 Å². The number of carbonyl (C=O) groups is 2. The van der Waals surface area contributed by atoms with Crippen molar-refractivity contribution < 1.29 is 14.7 Å². The zero-order valence-electron chi connectivity index (χ0n) is 11.0. The van der Waals surface area contributed by atoms with Crippen LogP contribution in [0, 0.1) is 0 Å². The fourth-order valence-electron chi connectivity index (χ4n) is 2.74. The number of imide groups is 1. The highest BCUT2D eigenvalue weighted by Gasteiger charge is 2.26. The zero-order valence-corrected chi connectivity index (χ0v) is 11.0. The predicted octanol–water partition coefficient (Wildman–Crippen LogP) is 2.04. The Morgan fingerprint density at radius 3 is 2.65 bits per heavy atom. The number of nitrogens with one attached hydrogen (secondary N) is 1. The van der Waals surface area contributed by atoms with Crippen LogP contribution in [-0.4, -0.2) is 23.5 Å². The van der Waals surface area contributed by atoms with Crippen molar-refractivity contribution in [2.75, 3.05) is 6.61 Å². The number of rotatable bonds is 4. The van der Waals surface area contributed by atoms with Gasteiger partial charge in [0.15, 0.2) is 0 Å². The largest absolute Gasteiger partial charge is 0.396 e. The highest BCUT2D eigenvalue weighted by molar-refractivity contribution is 6.26. The smallest absolute Gasteiger partial charge is 0.259 e. The summed E-state index contributed by atoms with van der Waals surface area (Å²) >= 11 is 0. The number of amides is 2. The summed E-state index contributed by atoms with van der Waals surface area (Å²) in [4.78, 5) is 24.0. The zero-order chi connectivity index (χ0) is 14.1. The third-order valence-electron chi connectivity index (χ3n) is 3.68. The lowest BCUT2D eigenvalue weighted by molar-refractivity contribution is 0.0844. The van der Waals surface area contributed by atoms with Crippen molar-refractivity contribution >= 4 is 22.6 Å². The van der Waals surface area contributed by atoms with E-state index in [-0.39, 0.29) is 18.4 Å². The van der Waals surface area contributed by atoms with Crippen LogP contribution < -0.4 is 5.32 Å². The molecule has 4 nitrogen and oxygen atoms in total. The number of aliphatic hydroxyl groups excluding tert-OH is 1. The fraction of sp³-hybridized carbons (Fsp3) is 0.250. The third kappa shape index (κ3) is 1.98. The second-order valence-corrected chi connectivity index (χ2v) is 4.97. The van der Waals surface area contributed by atoms with E-state index in [1.54, 1.807) is 6.07 Å². The van der Waals surface area contributed by atoms with Crippen molar-refractivity contribution in [2.24, 2.45) is 0 Å². The number of aryl methyl sites for hydroxylation is 1. The highest BCUT2D eigenvalue weighted by atomic mass is 16.3. The summed E-state index contributed by atoms with van der Waals surface area (Å²) in [5.74, 6) is -0.654. The van der Waals surface area contributed by atoms with E-state index in [0.717, 1.165) is 29.2 Å². The van der Waals surface area contributed by atoms with E-state index in [9.17, 15) is 9.59 Å². The van der Waals surface area contributed by atoms with Crippen LogP contribution >= 0.6 is 0 Å². The standard InChI is InChI=1S/C16H15NO3/c18-9-2-1-4-11-8-7-10-5-3-6-12-13(10)14(11)16(20)17-15(12)19/h3,5-8,18H,1-2,4,9H2,(H,17,19,20). The molecule has 20 heavy (non-hydrogen) atoms. The van der Waals surface area contributed by atoms with Gasteiger partial charge >= 0.3 is 0 Å². The minimum atomic E-state index is -0.333. The summed E-state index contributed by atoms with van der Waals surface area (Å²) in [5, 5.41) is 12.9. The van der Waals surface area contributed by atoms with E-state index in [0.29, 0.717) is 17.5 Å². The van der Waals surface area contributed by atoms with Gasteiger partial charge in [-0.05, 0) is 36.3 Å². The van der Waals surface area contributed by atoms with E-state index in [1.807, 2.05) is 24.3 Å². The Labute approximate surface area is 116 Å². The molecule has 4 heteroatoms. The maximum atomic E-state index is 12.2. The van der Waals surface area contributed by atoms with Gasteiger partial charge in [0.05, 0.1) is 5.56 Å². The minimum absolute atomic E-state index is 0.152. The van der Waals surface area contributed by atoms with E-state index < -0.39 is 0 Å². The third-order valence-corrected chi connectivity index (χ3v) is 3.68.